The molecule has 4 heteroatoms. The SMILES string of the molecule is CC(=O)[C@@H](NN)[C@@H](C)O. The van der Waals surface area contributed by atoms with Crippen molar-refractivity contribution >= 4 is 5.78 Å². The van der Waals surface area contributed by atoms with Gasteiger partial charge in [-0.2, -0.15) is 0 Å². The van der Waals surface area contributed by atoms with E-state index in [0.717, 1.165) is 0 Å². The highest BCUT2D eigenvalue weighted by molar-refractivity contribution is 5.81. The molecule has 0 saturated carbocycles. The van der Waals surface area contributed by atoms with Gasteiger partial charge < -0.3 is 5.11 Å². The van der Waals surface area contributed by atoms with E-state index in [4.69, 9.17) is 10.9 Å². The van der Waals surface area contributed by atoms with Crippen molar-refractivity contribution in [2.75, 3.05) is 0 Å². The lowest BCUT2D eigenvalue weighted by Crippen LogP contribution is -2.47. The first-order valence-electron chi connectivity index (χ1n) is 2.74. The standard InChI is InChI=1S/C5H12N2O2/c1-3(8)5(7-6)4(2)9/h3,5,7-8H,6H2,1-2H3/t3-,5+/m1/s1. The first-order valence-corrected chi connectivity index (χ1v) is 2.74. The molecule has 0 heterocycles. The van der Waals surface area contributed by atoms with Crippen LogP contribution >= 0.6 is 0 Å². The number of rotatable bonds is 3. The number of aliphatic hydroxyl groups is 1. The van der Waals surface area contributed by atoms with Crippen LogP contribution in [0.1, 0.15) is 13.8 Å². The maximum absolute atomic E-state index is 10.5. The molecule has 0 aromatic heterocycles. The van der Waals surface area contributed by atoms with Gasteiger partial charge in [-0.15, -0.1) is 0 Å². The lowest BCUT2D eigenvalue weighted by molar-refractivity contribution is -0.121. The number of carbonyl (C=O) groups excluding carboxylic acids is 1. The van der Waals surface area contributed by atoms with Crippen LogP contribution in [-0.2, 0) is 4.79 Å². The Labute approximate surface area is 54.0 Å². The van der Waals surface area contributed by atoms with E-state index in [9.17, 15) is 4.79 Å². The minimum atomic E-state index is -0.729. The van der Waals surface area contributed by atoms with Crippen LogP contribution in [0, 0.1) is 0 Å². The maximum Gasteiger partial charge on any atom is 0.150 e. The molecule has 0 aliphatic heterocycles. The normalized spacial score (nSPS) is 16.9. The zero-order chi connectivity index (χ0) is 7.44. The number of nitrogens with one attached hydrogen (secondary N) is 1. The first-order chi connectivity index (χ1) is 4.09. The van der Waals surface area contributed by atoms with Crippen molar-refractivity contribution in [3.63, 3.8) is 0 Å². The Kier molecular flexibility index (Phi) is 3.37. The Morgan fingerprint density at radius 3 is 2.22 bits per heavy atom. The number of hydrogen-bond donors (Lipinski definition) is 3. The molecule has 0 fully saturated rings. The predicted molar refractivity (Wildman–Crippen MR) is 33.5 cm³/mol. The van der Waals surface area contributed by atoms with Crippen LogP contribution in [0.15, 0.2) is 0 Å². The van der Waals surface area contributed by atoms with E-state index in [0.29, 0.717) is 0 Å². The van der Waals surface area contributed by atoms with E-state index in [1.165, 1.54) is 13.8 Å². The Morgan fingerprint density at radius 1 is 1.78 bits per heavy atom. The summed E-state index contributed by atoms with van der Waals surface area (Å²) in [6.45, 7) is 2.88. The zero-order valence-corrected chi connectivity index (χ0v) is 5.59. The average Bonchev–Trinajstić information content (AvgIpc) is 1.64. The molecule has 0 bridgehead atoms. The molecule has 0 unspecified atom stereocenters. The van der Waals surface area contributed by atoms with Crippen LogP contribution in [0.5, 0.6) is 0 Å². The highest BCUT2D eigenvalue weighted by Crippen LogP contribution is 1.90. The number of ketones is 1. The van der Waals surface area contributed by atoms with Gasteiger partial charge in [0.2, 0.25) is 0 Å². The molecule has 0 radical (unpaired) electrons. The maximum atomic E-state index is 10.5. The van der Waals surface area contributed by atoms with Gasteiger partial charge in [0, 0.05) is 0 Å². The third-order valence-corrected chi connectivity index (χ3v) is 1.10. The number of carbonyl (C=O) groups is 1. The number of nitrogens with two attached hydrogens (primary N) is 1. The smallest absolute Gasteiger partial charge is 0.150 e. The fourth-order valence-electron chi connectivity index (χ4n) is 0.596. The number of aliphatic hydroxyl groups excluding tert-OH is 1. The number of hydrazine groups is 1. The molecule has 0 amide bonds. The quantitative estimate of drug-likeness (QED) is 0.332. The van der Waals surface area contributed by atoms with Crippen molar-refractivity contribution in [2.24, 2.45) is 5.84 Å². The van der Waals surface area contributed by atoms with Crippen LogP contribution in [0.4, 0.5) is 0 Å². The Bertz CT molecular complexity index is 103. The predicted octanol–water partition coefficient (Wildman–Crippen LogP) is -1.21. The van der Waals surface area contributed by atoms with Gasteiger partial charge >= 0.3 is 0 Å². The summed E-state index contributed by atoms with van der Waals surface area (Å²) in [5, 5.41) is 8.82. The van der Waals surface area contributed by atoms with Crippen LogP contribution < -0.4 is 11.3 Å². The molecule has 4 N–H and O–H groups in total. The molecule has 0 aliphatic rings. The van der Waals surface area contributed by atoms with Crippen molar-refractivity contribution in [1.29, 1.82) is 0 Å². The lowest BCUT2D eigenvalue weighted by atomic mass is 10.1. The summed E-state index contributed by atoms with van der Waals surface area (Å²) in [5.74, 6) is 4.78. The van der Waals surface area contributed by atoms with Gasteiger partial charge in [0.05, 0.1) is 6.10 Å². The van der Waals surface area contributed by atoms with Gasteiger partial charge in [0.15, 0.2) is 5.78 Å². The van der Waals surface area contributed by atoms with Gasteiger partial charge in [0.1, 0.15) is 6.04 Å². The summed E-state index contributed by atoms with van der Waals surface area (Å²) in [6, 6.07) is -0.634. The fourth-order valence-corrected chi connectivity index (χ4v) is 0.596. The Morgan fingerprint density at radius 2 is 2.22 bits per heavy atom. The van der Waals surface area contributed by atoms with Crippen molar-refractivity contribution in [3.8, 4) is 0 Å². The second kappa shape index (κ2) is 3.55. The van der Waals surface area contributed by atoms with Gasteiger partial charge in [0.25, 0.3) is 0 Å². The van der Waals surface area contributed by atoms with Crippen molar-refractivity contribution < 1.29 is 9.90 Å². The molecular weight excluding hydrogens is 120 g/mol. The fraction of sp³-hybridized carbons (Fsp3) is 0.800. The number of Topliss-reactive ketones (excluding diaryl/α,β-unsaturated/α-hetero) is 1. The van der Waals surface area contributed by atoms with Gasteiger partial charge in [-0.05, 0) is 13.8 Å². The second-order valence-corrected chi connectivity index (χ2v) is 2.00. The Hall–Kier alpha value is -0.450. The van der Waals surface area contributed by atoms with E-state index < -0.39 is 12.1 Å². The molecule has 0 saturated heterocycles. The molecule has 4 nitrogen and oxygen atoms in total. The third-order valence-electron chi connectivity index (χ3n) is 1.10. The molecule has 0 aromatic carbocycles. The van der Waals surface area contributed by atoms with E-state index in [1.807, 2.05) is 0 Å². The molecule has 0 spiro atoms. The largest absolute Gasteiger partial charge is 0.391 e. The summed E-state index contributed by atoms with van der Waals surface area (Å²) in [4.78, 5) is 10.5. The highest BCUT2D eigenvalue weighted by Gasteiger charge is 2.16. The summed E-state index contributed by atoms with van der Waals surface area (Å²) in [6.07, 6.45) is -0.729. The molecular formula is C5H12N2O2. The van der Waals surface area contributed by atoms with Crippen LogP contribution in [0.25, 0.3) is 0 Å². The average molecular weight is 132 g/mol. The monoisotopic (exact) mass is 132 g/mol. The second-order valence-electron chi connectivity index (χ2n) is 2.00. The van der Waals surface area contributed by atoms with Crippen LogP contribution in [0.2, 0.25) is 0 Å². The van der Waals surface area contributed by atoms with Crippen molar-refractivity contribution in [2.45, 2.75) is 26.0 Å². The van der Waals surface area contributed by atoms with Gasteiger partial charge in [-0.25, -0.2) is 5.43 Å². The van der Waals surface area contributed by atoms with E-state index in [1.54, 1.807) is 0 Å². The summed E-state index contributed by atoms with van der Waals surface area (Å²) < 4.78 is 0. The highest BCUT2D eigenvalue weighted by atomic mass is 16.3. The van der Waals surface area contributed by atoms with Crippen LogP contribution in [-0.4, -0.2) is 23.0 Å². The van der Waals surface area contributed by atoms with Gasteiger partial charge in [-0.3, -0.25) is 10.6 Å². The molecule has 2 atom stereocenters. The minimum absolute atomic E-state index is 0.160. The van der Waals surface area contributed by atoms with Gasteiger partial charge in [-0.1, -0.05) is 0 Å². The summed E-state index contributed by atoms with van der Waals surface area (Å²) in [5.41, 5.74) is 2.20. The molecule has 9 heavy (non-hydrogen) atoms. The molecule has 0 aromatic rings. The topological polar surface area (TPSA) is 75.4 Å². The van der Waals surface area contributed by atoms with Crippen LogP contribution in [0.3, 0.4) is 0 Å². The van der Waals surface area contributed by atoms with E-state index in [-0.39, 0.29) is 5.78 Å². The van der Waals surface area contributed by atoms with E-state index >= 15 is 0 Å². The Balaban J connectivity index is 3.83. The number of hydrogen-bond acceptors (Lipinski definition) is 4. The molecule has 0 rings (SSSR count). The van der Waals surface area contributed by atoms with E-state index in [2.05, 4.69) is 5.43 Å². The summed E-state index contributed by atoms with van der Waals surface area (Å²) >= 11 is 0. The first kappa shape index (κ1) is 8.55. The summed E-state index contributed by atoms with van der Waals surface area (Å²) in [7, 11) is 0. The van der Waals surface area contributed by atoms with Crippen molar-refractivity contribution in [3.05, 3.63) is 0 Å². The lowest BCUT2D eigenvalue weighted by Gasteiger charge is -2.14. The zero-order valence-electron chi connectivity index (χ0n) is 5.59. The van der Waals surface area contributed by atoms with Crippen molar-refractivity contribution in [1.82, 2.24) is 5.43 Å². The third kappa shape index (κ3) is 2.55. The minimum Gasteiger partial charge on any atom is -0.391 e. The molecule has 54 valence electrons. The molecule has 0 aliphatic carbocycles.